The molecular weight excluding hydrogens is 232 g/mol. The molecule has 0 aliphatic rings. The van der Waals surface area contributed by atoms with Crippen molar-refractivity contribution in [3.05, 3.63) is 0 Å². The Balaban J connectivity index is 3.13. The molecule has 0 aromatic carbocycles. The van der Waals surface area contributed by atoms with Gasteiger partial charge in [-0.15, -0.1) is 0 Å². The highest BCUT2D eigenvalue weighted by atomic mass is 35.5. The van der Waals surface area contributed by atoms with E-state index >= 15 is 0 Å². The van der Waals surface area contributed by atoms with E-state index in [1.165, 1.54) is 44.9 Å². The third kappa shape index (κ3) is 11.1. The largest absolute Gasteiger partial charge is 0.362 e. The molecule has 0 bridgehead atoms. The van der Waals surface area contributed by atoms with Gasteiger partial charge in [0, 0.05) is 6.61 Å². The molecule has 0 radical (unpaired) electrons. The lowest BCUT2D eigenvalue weighted by Gasteiger charge is -2.16. The Hall–Kier alpha value is 0.250. The Kier molecular flexibility index (Phi) is 12.9. The first-order valence-corrected chi connectivity index (χ1v) is 7.91. The minimum absolute atomic E-state index is 0.0930. The van der Waals surface area contributed by atoms with Crippen LogP contribution in [0.4, 0.5) is 0 Å². The van der Waals surface area contributed by atoms with Crippen LogP contribution in [0.1, 0.15) is 78.6 Å². The zero-order chi connectivity index (χ0) is 12.9. The molecule has 2 heteroatoms. The van der Waals surface area contributed by atoms with Gasteiger partial charge in [-0.25, -0.2) is 0 Å². The lowest BCUT2D eigenvalue weighted by Crippen LogP contribution is -2.15. The molecule has 0 aromatic rings. The maximum atomic E-state index is 6.11. The van der Waals surface area contributed by atoms with Crippen LogP contribution in [0.2, 0.25) is 0 Å². The first-order valence-electron chi connectivity index (χ1n) is 7.48. The normalized spacial score (nSPS) is 14.8. The van der Waals surface area contributed by atoms with Gasteiger partial charge < -0.3 is 4.74 Å². The van der Waals surface area contributed by atoms with Gasteiger partial charge in [0.15, 0.2) is 0 Å². The lowest BCUT2D eigenvalue weighted by atomic mass is 10.1. The molecule has 0 saturated carbocycles. The summed E-state index contributed by atoms with van der Waals surface area (Å²) in [6.07, 6.45) is 11.8. The monoisotopic (exact) mass is 262 g/mol. The van der Waals surface area contributed by atoms with E-state index < -0.39 is 0 Å². The molecule has 2 atom stereocenters. The van der Waals surface area contributed by atoms with Gasteiger partial charge in [0.1, 0.15) is 5.56 Å². The number of unbranched alkanes of at least 4 members (excludes halogenated alkanes) is 7. The molecule has 0 spiro atoms. The Morgan fingerprint density at radius 1 is 0.882 bits per heavy atom. The summed E-state index contributed by atoms with van der Waals surface area (Å²) >= 11 is 6.11. The van der Waals surface area contributed by atoms with Crippen LogP contribution in [0, 0.1) is 5.92 Å². The molecule has 0 saturated heterocycles. The summed E-state index contributed by atoms with van der Waals surface area (Å²) in [5.41, 5.74) is -0.0930. The second kappa shape index (κ2) is 12.7. The van der Waals surface area contributed by atoms with Gasteiger partial charge in [-0.1, -0.05) is 77.3 Å². The summed E-state index contributed by atoms with van der Waals surface area (Å²) in [5.74, 6) is 0.464. The van der Waals surface area contributed by atoms with Gasteiger partial charge in [-0.05, 0) is 18.8 Å². The summed E-state index contributed by atoms with van der Waals surface area (Å²) in [6, 6.07) is 0. The smallest absolute Gasteiger partial charge is 0.133 e. The van der Waals surface area contributed by atoms with Gasteiger partial charge in [0.05, 0.1) is 0 Å². The molecule has 0 aliphatic heterocycles. The highest BCUT2D eigenvalue weighted by Gasteiger charge is 2.11. The quantitative estimate of drug-likeness (QED) is 0.321. The summed E-state index contributed by atoms with van der Waals surface area (Å²) in [6.45, 7) is 7.38. The topological polar surface area (TPSA) is 9.23 Å². The van der Waals surface area contributed by atoms with Crippen LogP contribution >= 0.6 is 11.6 Å². The molecule has 0 N–H and O–H groups in total. The van der Waals surface area contributed by atoms with Crippen molar-refractivity contribution in [1.29, 1.82) is 0 Å². The average molecular weight is 263 g/mol. The van der Waals surface area contributed by atoms with Gasteiger partial charge >= 0.3 is 0 Å². The van der Waals surface area contributed by atoms with Crippen molar-refractivity contribution in [2.75, 3.05) is 6.61 Å². The minimum Gasteiger partial charge on any atom is -0.362 e. The van der Waals surface area contributed by atoms with Gasteiger partial charge in [0.2, 0.25) is 0 Å². The Bertz CT molecular complexity index is 150. The van der Waals surface area contributed by atoms with Crippen LogP contribution < -0.4 is 0 Å². The predicted octanol–water partition coefficient (Wildman–Crippen LogP) is 5.75. The molecule has 0 rings (SSSR count). The summed E-state index contributed by atoms with van der Waals surface area (Å²) < 4.78 is 5.61. The number of rotatable bonds is 12. The second-order valence-electron chi connectivity index (χ2n) is 5.08. The Morgan fingerprint density at radius 2 is 1.41 bits per heavy atom. The average Bonchev–Trinajstić information content (AvgIpc) is 2.35. The zero-order valence-corrected chi connectivity index (χ0v) is 12.8. The maximum Gasteiger partial charge on any atom is 0.133 e. The number of hydrogen-bond donors (Lipinski definition) is 0. The highest BCUT2D eigenvalue weighted by molar-refractivity contribution is 6.19. The Morgan fingerprint density at radius 3 is 1.94 bits per heavy atom. The van der Waals surface area contributed by atoms with Crippen LogP contribution in [0.15, 0.2) is 0 Å². The van der Waals surface area contributed by atoms with Crippen molar-refractivity contribution >= 4 is 11.6 Å². The molecule has 17 heavy (non-hydrogen) atoms. The first-order chi connectivity index (χ1) is 8.22. The van der Waals surface area contributed by atoms with Crippen LogP contribution in [0.25, 0.3) is 0 Å². The van der Waals surface area contributed by atoms with E-state index in [2.05, 4.69) is 20.8 Å². The number of alkyl halides is 1. The van der Waals surface area contributed by atoms with Gasteiger partial charge in [-0.3, -0.25) is 0 Å². The van der Waals surface area contributed by atoms with Gasteiger partial charge in [0.25, 0.3) is 0 Å². The third-order valence-corrected chi connectivity index (χ3v) is 3.92. The van der Waals surface area contributed by atoms with E-state index in [0.717, 1.165) is 19.4 Å². The van der Waals surface area contributed by atoms with Gasteiger partial charge in [-0.2, -0.15) is 0 Å². The van der Waals surface area contributed by atoms with E-state index in [1.54, 1.807) is 0 Å². The van der Waals surface area contributed by atoms with E-state index in [1.807, 2.05) is 0 Å². The highest BCUT2D eigenvalue weighted by Crippen LogP contribution is 2.16. The standard InChI is InChI=1S/C15H31ClO/c1-4-6-7-8-9-10-11-12-13-17-15(16)14(3)5-2/h14-15H,4-13H2,1-3H3. The van der Waals surface area contributed by atoms with Crippen molar-refractivity contribution in [2.45, 2.75) is 84.1 Å². The summed E-state index contributed by atoms with van der Waals surface area (Å²) in [4.78, 5) is 0. The molecular formula is C15H31ClO. The molecule has 0 aromatic heterocycles. The van der Waals surface area contributed by atoms with Crippen molar-refractivity contribution in [3.8, 4) is 0 Å². The summed E-state index contributed by atoms with van der Waals surface area (Å²) in [7, 11) is 0. The minimum atomic E-state index is -0.0930. The summed E-state index contributed by atoms with van der Waals surface area (Å²) in [5, 5.41) is 0. The molecule has 0 amide bonds. The van der Waals surface area contributed by atoms with Crippen molar-refractivity contribution in [1.82, 2.24) is 0 Å². The van der Waals surface area contributed by atoms with Crippen LogP contribution in [-0.2, 0) is 4.74 Å². The van der Waals surface area contributed by atoms with Crippen molar-refractivity contribution in [2.24, 2.45) is 5.92 Å². The van der Waals surface area contributed by atoms with Crippen molar-refractivity contribution < 1.29 is 4.74 Å². The molecule has 0 heterocycles. The fraction of sp³-hybridized carbons (Fsp3) is 1.00. The fourth-order valence-electron chi connectivity index (χ4n) is 1.78. The molecule has 104 valence electrons. The van der Waals surface area contributed by atoms with E-state index in [0.29, 0.717) is 5.92 Å². The molecule has 1 nitrogen and oxygen atoms in total. The third-order valence-electron chi connectivity index (χ3n) is 3.37. The van der Waals surface area contributed by atoms with Crippen molar-refractivity contribution in [3.63, 3.8) is 0 Å². The molecule has 0 fully saturated rings. The van der Waals surface area contributed by atoms with Crippen LogP contribution in [0.5, 0.6) is 0 Å². The number of ether oxygens (including phenoxy) is 1. The number of halogens is 1. The van der Waals surface area contributed by atoms with Crippen LogP contribution in [-0.4, -0.2) is 12.2 Å². The lowest BCUT2D eigenvalue weighted by molar-refractivity contribution is 0.0691. The zero-order valence-electron chi connectivity index (χ0n) is 12.0. The maximum absolute atomic E-state index is 6.11. The molecule has 2 unspecified atom stereocenters. The Labute approximate surface area is 113 Å². The number of hydrogen-bond acceptors (Lipinski definition) is 1. The SMILES string of the molecule is CCCCCCCCCCOC(Cl)C(C)CC. The van der Waals surface area contributed by atoms with Crippen LogP contribution in [0.3, 0.4) is 0 Å². The van der Waals surface area contributed by atoms with E-state index in [4.69, 9.17) is 16.3 Å². The molecule has 0 aliphatic carbocycles. The van der Waals surface area contributed by atoms with E-state index in [-0.39, 0.29) is 5.56 Å². The second-order valence-corrected chi connectivity index (χ2v) is 5.51. The fourth-order valence-corrected chi connectivity index (χ4v) is 2.05. The first kappa shape index (κ1) is 17.2. The van der Waals surface area contributed by atoms with E-state index in [9.17, 15) is 0 Å². The predicted molar refractivity (Wildman–Crippen MR) is 77.7 cm³/mol.